The molecule has 6 heteroatoms. The second-order valence-corrected chi connectivity index (χ2v) is 4.44. The average molecular weight is 196 g/mol. The molecule has 1 heterocycles. The molecule has 5 nitrogen and oxygen atoms in total. The lowest BCUT2D eigenvalue weighted by molar-refractivity contribution is -0.248. The van der Waals surface area contributed by atoms with Crippen LogP contribution in [0, 0.1) is 5.92 Å². The van der Waals surface area contributed by atoms with Gasteiger partial charge in [-0.3, -0.25) is 4.18 Å². The Labute approximate surface area is 71.7 Å². The van der Waals surface area contributed by atoms with Crippen molar-refractivity contribution in [1.82, 2.24) is 0 Å². The summed E-state index contributed by atoms with van der Waals surface area (Å²) in [5.74, 6) is -0.000255. The minimum Gasteiger partial charge on any atom is -0.267 e. The maximum absolute atomic E-state index is 10.7. The molecule has 0 saturated carbocycles. The van der Waals surface area contributed by atoms with Crippen molar-refractivity contribution < 1.29 is 22.4 Å². The molecule has 0 amide bonds. The van der Waals surface area contributed by atoms with Crippen molar-refractivity contribution >= 4 is 10.1 Å². The predicted molar refractivity (Wildman–Crippen MR) is 40.8 cm³/mol. The first-order valence-electron chi connectivity index (χ1n) is 3.62. The minimum atomic E-state index is -3.37. The van der Waals surface area contributed by atoms with Crippen molar-refractivity contribution in [3.05, 3.63) is 0 Å². The zero-order valence-electron chi connectivity index (χ0n) is 7.02. The SMILES string of the molecule is CC(OS(C)(=O)=O)C1COOC1. The van der Waals surface area contributed by atoms with E-state index in [-0.39, 0.29) is 12.0 Å². The van der Waals surface area contributed by atoms with E-state index in [1.165, 1.54) is 0 Å². The van der Waals surface area contributed by atoms with Crippen molar-refractivity contribution in [1.29, 1.82) is 0 Å². The van der Waals surface area contributed by atoms with Crippen LogP contribution < -0.4 is 0 Å². The Morgan fingerprint density at radius 2 is 1.92 bits per heavy atom. The molecular weight excluding hydrogens is 184 g/mol. The zero-order valence-corrected chi connectivity index (χ0v) is 7.83. The fraction of sp³-hybridized carbons (Fsp3) is 1.00. The van der Waals surface area contributed by atoms with Gasteiger partial charge in [-0.15, -0.1) is 0 Å². The van der Waals surface area contributed by atoms with Gasteiger partial charge in [0.2, 0.25) is 0 Å². The van der Waals surface area contributed by atoms with Gasteiger partial charge in [-0.25, -0.2) is 9.78 Å². The molecule has 0 N–H and O–H groups in total. The van der Waals surface area contributed by atoms with Crippen molar-refractivity contribution in [3.63, 3.8) is 0 Å². The fourth-order valence-electron chi connectivity index (χ4n) is 0.944. The molecule has 1 unspecified atom stereocenters. The van der Waals surface area contributed by atoms with E-state index in [9.17, 15) is 8.42 Å². The van der Waals surface area contributed by atoms with Gasteiger partial charge in [-0.05, 0) is 6.92 Å². The van der Waals surface area contributed by atoms with Crippen LogP contribution in [0.2, 0.25) is 0 Å². The molecule has 0 spiro atoms. The summed E-state index contributed by atoms with van der Waals surface area (Å²) >= 11 is 0. The topological polar surface area (TPSA) is 61.8 Å². The molecule has 12 heavy (non-hydrogen) atoms. The molecule has 1 rings (SSSR count). The van der Waals surface area contributed by atoms with Gasteiger partial charge in [-0.2, -0.15) is 8.42 Å². The van der Waals surface area contributed by atoms with E-state index in [1.807, 2.05) is 0 Å². The van der Waals surface area contributed by atoms with E-state index >= 15 is 0 Å². The van der Waals surface area contributed by atoms with E-state index in [2.05, 4.69) is 9.78 Å². The summed E-state index contributed by atoms with van der Waals surface area (Å²) in [6.07, 6.45) is 0.641. The Hall–Kier alpha value is -0.170. The summed E-state index contributed by atoms with van der Waals surface area (Å²) in [6.45, 7) is 2.46. The van der Waals surface area contributed by atoms with Gasteiger partial charge in [0.25, 0.3) is 10.1 Å². The molecule has 1 aliphatic rings. The first kappa shape index (κ1) is 9.91. The van der Waals surface area contributed by atoms with Crippen LogP contribution in [-0.4, -0.2) is 34.0 Å². The maximum atomic E-state index is 10.7. The fourth-order valence-corrected chi connectivity index (χ4v) is 1.65. The third-order valence-corrected chi connectivity index (χ3v) is 2.29. The minimum absolute atomic E-state index is 0.000255. The molecule has 0 aromatic heterocycles. The average Bonchev–Trinajstić information content (AvgIpc) is 2.32. The van der Waals surface area contributed by atoms with Crippen LogP contribution >= 0.6 is 0 Å². The summed E-state index contributed by atoms with van der Waals surface area (Å²) in [5.41, 5.74) is 0. The standard InChI is InChI=1S/C6H12O5S/c1-5(11-12(2,7)8)6-3-9-10-4-6/h5-6H,3-4H2,1-2H3. The van der Waals surface area contributed by atoms with Crippen LogP contribution in [0.4, 0.5) is 0 Å². The van der Waals surface area contributed by atoms with E-state index in [1.54, 1.807) is 6.92 Å². The van der Waals surface area contributed by atoms with Crippen LogP contribution in [0.25, 0.3) is 0 Å². The quantitative estimate of drug-likeness (QED) is 0.467. The van der Waals surface area contributed by atoms with E-state index in [0.29, 0.717) is 13.2 Å². The molecule has 1 atom stereocenters. The summed E-state index contributed by atoms with van der Waals surface area (Å²) in [7, 11) is -3.37. The molecule has 1 saturated heterocycles. The predicted octanol–water partition coefficient (Wildman–Crippen LogP) is -0.0709. The third-order valence-electron chi connectivity index (χ3n) is 1.64. The molecule has 0 bridgehead atoms. The summed E-state index contributed by atoms with van der Waals surface area (Å²) < 4.78 is 26.1. The van der Waals surface area contributed by atoms with E-state index in [0.717, 1.165) is 6.26 Å². The molecule has 0 aliphatic carbocycles. The maximum Gasteiger partial charge on any atom is 0.264 e. The highest BCUT2D eigenvalue weighted by molar-refractivity contribution is 7.86. The van der Waals surface area contributed by atoms with E-state index in [4.69, 9.17) is 4.18 Å². The van der Waals surface area contributed by atoms with Crippen LogP contribution in [0.5, 0.6) is 0 Å². The molecule has 72 valence electrons. The van der Waals surface area contributed by atoms with Gasteiger partial charge < -0.3 is 0 Å². The largest absolute Gasteiger partial charge is 0.267 e. The van der Waals surface area contributed by atoms with Crippen LogP contribution in [0.3, 0.4) is 0 Å². The summed E-state index contributed by atoms with van der Waals surface area (Å²) in [4.78, 5) is 9.24. The van der Waals surface area contributed by atoms with Crippen LogP contribution in [0.15, 0.2) is 0 Å². The van der Waals surface area contributed by atoms with Gasteiger partial charge >= 0.3 is 0 Å². The van der Waals surface area contributed by atoms with E-state index < -0.39 is 10.1 Å². The lowest BCUT2D eigenvalue weighted by Gasteiger charge is -2.14. The third kappa shape index (κ3) is 3.06. The second kappa shape index (κ2) is 3.69. The number of hydrogen-bond donors (Lipinski definition) is 0. The Morgan fingerprint density at radius 3 is 2.33 bits per heavy atom. The molecule has 0 aromatic rings. The molecule has 1 fully saturated rings. The smallest absolute Gasteiger partial charge is 0.264 e. The summed E-state index contributed by atoms with van der Waals surface area (Å²) in [6, 6.07) is 0. The highest BCUT2D eigenvalue weighted by Gasteiger charge is 2.26. The Balaban J connectivity index is 2.42. The lowest BCUT2D eigenvalue weighted by Crippen LogP contribution is -2.25. The normalized spacial score (nSPS) is 22.8. The van der Waals surface area contributed by atoms with Gasteiger partial charge in [-0.1, -0.05) is 0 Å². The van der Waals surface area contributed by atoms with Gasteiger partial charge in [0, 0.05) is 5.92 Å². The zero-order chi connectivity index (χ0) is 9.19. The number of rotatable bonds is 3. The molecule has 0 radical (unpaired) electrons. The molecular formula is C6H12O5S. The van der Waals surface area contributed by atoms with Crippen molar-refractivity contribution in [2.75, 3.05) is 19.5 Å². The second-order valence-electron chi connectivity index (χ2n) is 2.83. The highest BCUT2D eigenvalue weighted by Crippen LogP contribution is 2.16. The number of hydrogen-bond acceptors (Lipinski definition) is 5. The van der Waals surface area contributed by atoms with Gasteiger partial charge in [0.1, 0.15) is 0 Å². The Morgan fingerprint density at radius 1 is 1.42 bits per heavy atom. The van der Waals surface area contributed by atoms with Crippen molar-refractivity contribution in [3.8, 4) is 0 Å². The molecule has 0 aromatic carbocycles. The van der Waals surface area contributed by atoms with Gasteiger partial charge in [0.05, 0.1) is 25.6 Å². The van der Waals surface area contributed by atoms with Crippen molar-refractivity contribution in [2.24, 2.45) is 5.92 Å². The summed E-state index contributed by atoms with van der Waals surface area (Å²) in [5, 5.41) is 0. The van der Waals surface area contributed by atoms with Crippen LogP contribution in [-0.2, 0) is 24.1 Å². The Bertz CT molecular complexity index is 228. The first-order valence-corrected chi connectivity index (χ1v) is 5.43. The highest BCUT2D eigenvalue weighted by atomic mass is 32.2. The Kier molecular flexibility index (Phi) is 3.05. The first-order chi connectivity index (χ1) is 5.49. The molecule has 1 aliphatic heterocycles. The van der Waals surface area contributed by atoms with Gasteiger partial charge in [0.15, 0.2) is 0 Å². The van der Waals surface area contributed by atoms with Crippen molar-refractivity contribution in [2.45, 2.75) is 13.0 Å². The lowest BCUT2D eigenvalue weighted by atomic mass is 10.1. The monoisotopic (exact) mass is 196 g/mol. The van der Waals surface area contributed by atoms with Crippen LogP contribution in [0.1, 0.15) is 6.92 Å².